The number of aryl methyl sites for hydroxylation is 2. The Morgan fingerprint density at radius 3 is 2.75 bits per heavy atom. The zero-order valence-corrected chi connectivity index (χ0v) is 11.2. The number of aromatic hydroxyl groups is 1. The van der Waals surface area contributed by atoms with Crippen molar-refractivity contribution >= 4 is 0 Å². The number of aromatic nitrogens is 3. The van der Waals surface area contributed by atoms with Gasteiger partial charge >= 0.3 is 0 Å². The zero-order chi connectivity index (χ0) is 14.1. The molecule has 0 aliphatic heterocycles. The molecule has 0 radical (unpaired) electrons. The smallest absolute Gasteiger partial charge is 0.258 e. The van der Waals surface area contributed by atoms with Gasteiger partial charge in [-0.1, -0.05) is 17.3 Å². The van der Waals surface area contributed by atoms with E-state index in [2.05, 4.69) is 15.1 Å². The number of nitrogens with zero attached hydrogens (tertiary/aromatic N) is 3. The van der Waals surface area contributed by atoms with Crippen molar-refractivity contribution in [2.24, 2.45) is 0 Å². The second kappa shape index (κ2) is 4.77. The van der Waals surface area contributed by atoms with E-state index in [0.717, 1.165) is 11.1 Å². The zero-order valence-electron chi connectivity index (χ0n) is 11.2. The molecular weight excluding hydrogens is 254 g/mol. The summed E-state index contributed by atoms with van der Waals surface area (Å²) in [6, 6.07) is 8.71. The lowest BCUT2D eigenvalue weighted by molar-refractivity contribution is 0.431. The van der Waals surface area contributed by atoms with Gasteiger partial charge in [0.2, 0.25) is 5.82 Å². The van der Waals surface area contributed by atoms with Crippen LogP contribution in [0.2, 0.25) is 0 Å². The van der Waals surface area contributed by atoms with Gasteiger partial charge in [0.15, 0.2) is 0 Å². The maximum Gasteiger partial charge on any atom is 0.258 e. The van der Waals surface area contributed by atoms with E-state index in [1.165, 1.54) is 0 Å². The molecule has 20 heavy (non-hydrogen) atoms. The second-order valence-electron chi connectivity index (χ2n) is 4.65. The summed E-state index contributed by atoms with van der Waals surface area (Å²) in [6.45, 7) is 3.94. The summed E-state index contributed by atoms with van der Waals surface area (Å²) in [5.74, 6) is 0.963. The molecule has 0 amide bonds. The normalized spacial score (nSPS) is 10.7. The molecule has 0 bridgehead atoms. The lowest BCUT2D eigenvalue weighted by Gasteiger charge is -2.00. The lowest BCUT2D eigenvalue weighted by atomic mass is 10.1. The van der Waals surface area contributed by atoms with Crippen LogP contribution in [-0.4, -0.2) is 20.2 Å². The largest absolute Gasteiger partial charge is 0.508 e. The average molecular weight is 267 g/mol. The fourth-order valence-electron chi connectivity index (χ4n) is 2.03. The first-order chi connectivity index (χ1) is 9.63. The predicted molar refractivity (Wildman–Crippen MR) is 74.1 cm³/mol. The molecule has 3 aromatic rings. The van der Waals surface area contributed by atoms with Crippen LogP contribution in [0.5, 0.6) is 5.75 Å². The third-order valence-corrected chi connectivity index (χ3v) is 2.95. The van der Waals surface area contributed by atoms with E-state index >= 15 is 0 Å². The summed E-state index contributed by atoms with van der Waals surface area (Å²) in [4.78, 5) is 8.67. The molecule has 0 fully saturated rings. The van der Waals surface area contributed by atoms with Crippen LogP contribution < -0.4 is 0 Å². The fraction of sp³-hybridized carbons (Fsp3) is 0.133. The van der Waals surface area contributed by atoms with Crippen LogP contribution in [0.25, 0.3) is 23.0 Å². The number of hydrogen-bond acceptors (Lipinski definition) is 5. The molecule has 100 valence electrons. The Morgan fingerprint density at radius 1 is 1.15 bits per heavy atom. The topological polar surface area (TPSA) is 72.0 Å². The number of phenolic OH excluding ortho intramolecular Hbond substituents is 1. The highest BCUT2D eigenvalue weighted by molar-refractivity contribution is 5.60. The van der Waals surface area contributed by atoms with Crippen molar-refractivity contribution in [3.63, 3.8) is 0 Å². The summed E-state index contributed by atoms with van der Waals surface area (Å²) >= 11 is 0. The van der Waals surface area contributed by atoms with Crippen LogP contribution in [-0.2, 0) is 0 Å². The average Bonchev–Trinajstić information content (AvgIpc) is 2.88. The quantitative estimate of drug-likeness (QED) is 0.772. The predicted octanol–water partition coefficient (Wildman–Crippen LogP) is 3.12. The Morgan fingerprint density at radius 2 is 2.00 bits per heavy atom. The number of hydrogen-bond donors (Lipinski definition) is 1. The fourth-order valence-corrected chi connectivity index (χ4v) is 2.03. The Balaban J connectivity index is 2.02. The van der Waals surface area contributed by atoms with Crippen LogP contribution in [0.1, 0.15) is 11.1 Å². The third kappa shape index (κ3) is 2.25. The van der Waals surface area contributed by atoms with Crippen molar-refractivity contribution < 1.29 is 9.63 Å². The van der Waals surface area contributed by atoms with Crippen molar-refractivity contribution in [2.45, 2.75) is 13.8 Å². The van der Waals surface area contributed by atoms with Crippen molar-refractivity contribution in [1.29, 1.82) is 0 Å². The highest BCUT2D eigenvalue weighted by atomic mass is 16.5. The first-order valence-corrected chi connectivity index (χ1v) is 6.20. The second-order valence-corrected chi connectivity index (χ2v) is 4.65. The van der Waals surface area contributed by atoms with Crippen LogP contribution in [0, 0.1) is 13.8 Å². The van der Waals surface area contributed by atoms with Gasteiger partial charge in [0, 0.05) is 11.8 Å². The van der Waals surface area contributed by atoms with Gasteiger partial charge in [-0.05, 0) is 43.2 Å². The monoisotopic (exact) mass is 267 g/mol. The maximum absolute atomic E-state index is 9.47. The molecule has 5 nitrogen and oxygen atoms in total. The van der Waals surface area contributed by atoms with E-state index < -0.39 is 0 Å². The molecule has 0 aliphatic rings. The van der Waals surface area contributed by atoms with Gasteiger partial charge < -0.3 is 9.63 Å². The minimum absolute atomic E-state index is 0.159. The molecule has 3 rings (SSSR count). The van der Waals surface area contributed by atoms with Gasteiger partial charge in [0.1, 0.15) is 11.4 Å². The Kier molecular flexibility index (Phi) is 2.95. The molecule has 0 atom stereocenters. The molecule has 5 heteroatoms. The van der Waals surface area contributed by atoms with E-state index in [-0.39, 0.29) is 5.75 Å². The maximum atomic E-state index is 9.47. The standard InChI is InChI=1S/C15H13N3O2/c1-9-6-10(2)13(16-8-9)14-17-15(20-18-14)11-4-3-5-12(19)7-11/h3-8,19H,1-2H3. The number of rotatable bonds is 2. The van der Waals surface area contributed by atoms with Gasteiger partial charge in [-0.3, -0.25) is 4.98 Å². The molecule has 1 aromatic carbocycles. The number of benzene rings is 1. The van der Waals surface area contributed by atoms with Crippen molar-refractivity contribution in [3.8, 4) is 28.7 Å². The van der Waals surface area contributed by atoms with Crippen LogP contribution in [0.15, 0.2) is 41.1 Å². The summed E-state index contributed by atoms with van der Waals surface area (Å²) in [5.41, 5.74) is 3.45. The summed E-state index contributed by atoms with van der Waals surface area (Å²) < 4.78 is 5.23. The van der Waals surface area contributed by atoms with Gasteiger partial charge in [-0.25, -0.2) is 0 Å². The molecule has 0 aliphatic carbocycles. The van der Waals surface area contributed by atoms with Gasteiger partial charge in [0.25, 0.3) is 5.89 Å². The first kappa shape index (κ1) is 12.3. The van der Waals surface area contributed by atoms with E-state index in [0.29, 0.717) is 23.0 Å². The van der Waals surface area contributed by atoms with E-state index in [1.54, 1.807) is 30.5 Å². The van der Waals surface area contributed by atoms with E-state index in [9.17, 15) is 5.11 Å². The molecule has 0 saturated heterocycles. The van der Waals surface area contributed by atoms with E-state index in [4.69, 9.17) is 4.52 Å². The Hall–Kier alpha value is -2.69. The Labute approximate surface area is 115 Å². The molecule has 0 spiro atoms. The van der Waals surface area contributed by atoms with Crippen molar-refractivity contribution in [1.82, 2.24) is 15.1 Å². The lowest BCUT2D eigenvalue weighted by Crippen LogP contribution is -1.91. The van der Waals surface area contributed by atoms with Gasteiger partial charge in [-0.15, -0.1) is 0 Å². The van der Waals surface area contributed by atoms with Crippen molar-refractivity contribution in [3.05, 3.63) is 47.7 Å². The molecule has 2 heterocycles. The molecular formula is C15H13N3O2. The number of phenols is 1. The van der Waals surface area contributed by atoms with Crippen molar-refractivity contribution in [2.75, 3.05) is 0 Å². The van der Waals surface area contributed by atoms with Crippen LogP contribution >= 0.6 is 0 Å². The molecule has 0 unspecified atom stereocenters. The summed E-state index contributed by atoms with van der Waals surface area (Å²) in [6.07, 6.45) is 1.77. The van der Waals surface area contributed by atoms with E-state index in [1.807, 2.05) is 19.9 Å². The highest BCUT2D eigenvalue weighted by Crippen LogP contribution is 2.25. The minimum atomic E-state index is 0.159. The van der Waals surface area contributed by atoms with Gasteiger partial charge in [0.05, 0.1) is 0 Å². The third-order valence-electron chi connectivity index (χ3n) is 2.95. The summed E-state index contributed by atoms with van der Waals surface area (Å²) in [5, 5.41) is 13.4. The SMILES string of the molecule is Cc1cnc(-c2noc(-c3cccc(O)c3)n2)c(C)c1. The first-order valence-electron chi connectivity index (χ1n) is 6.20. The highest BCUT2D eigenvalue weighted by Gasteiger charge is 2.13. The number of pyridine rings is 1. The summed E-state index contributed by atoms with van der Waals surface area (Å²) in [7, 11) is 0. The Bertz CT molecular complexity index is 765. The molecule has 0 saturated carbocycles. The van der Waals surface area contributed by atoms with Crippen LogP contribution in [0.3, 0.4) is 0 Å². The van der Waals surface area contributed by atoms with Gasteiger partial charge in [-0.2, -0.15) is 4.98 Å². The minimum Gasteiger partial charge on any atom is -0.508 e. The molecule has 1 N–H and O–H groups in total. The van der Waals surface area contributed by atoms with Crippen LogP contribution in [0.4, 0.5) is 0 Å². The molecule has 2 aromatic heterocycles.